The number of aryl methyl sites for hydroxylation is 1. The maximum absolute atomic E-state index is 5.64. The summed E-state index contributed by atoms with van der Waals surface area (Å²) in [6, 6.07) is 3.95. The SMILES string of the molecule is CSCCc1cccnc1N. The second-order valence-electron chi connectivity index (χ2n) is 2.29. The molecule has 0 aromatic carbocycles. The Kier molecular flexibility index (Phi) is 3.23. The molecule has 1 aromatic rings. The highest BCUT2D eigenvalue weighted by Crippen LogP contribution is 2.09. The molecule has 1 rings (SSSR count). The summed E-state index contributed by atoms with van der Waals surface area (Å²) in [5, 5.41) is 0. The quantitative estimate of drug-likeness (QED) is 0.744. The Morgan fingerprint density at radius 1 is 1.64 bits per heavy atom. The molecule has 0 radical (unpaired) electrons. The van der Waals surface area contributed by atoms with Crippen molar-refractivity contribution in [2.24, 2.45) is 0 Å². The molecule has 0 amide bonds. The number of thioether (sulfide) groups is 1. The van der Waals surface area contributed by atoms with Crippen LogP contribution in [0.5, 0.6) is 0 Å². The maximum Gasteiger partial charge on any atom is 0.126 e. The minimum Gasteiger partial charge on any atom is -0.383 e. The van der Waals surface area contributed by atoms with Crippen LogP contribution in [0.3, 0.4) is 0 Å². The van der Waals surface area contributed by atoms with Crippen molar-refractivity contribution >= 4 is 17.6 Å². The largest absolute Gasteiger partial charge is 0.383 e. The summed E-state index contributed by atoms with van der Waals surface area (Å²) in [5.74, 6) is 1.78. The van der Waals surface area contributed by atoms with Crippen molar-refractivity contribution in [1.29, 1.82) is 0 Å². The van der Waals surface area contributed by atoms with Gasteiger partial charge in [0.15, 0.2) is 0 Å². The first-order chi connectivity index (χ1) is 5.34. The fourth-order valence-electron chi connectivity index (χ4n) is 0.874. The Balaban J connectivity index is 2.62. The second-order valence-corrected chi connectivity index (χ2v) is 3.28. The molecule has 0 aliphatic heterocycles. The zero-order chi connectivity index (χ0) is 8.10. The lowest BCUT2D eigenvalue weighted by Gasteiger charge is -2.01. The van der Waals surface area contributed by atoms with Crippen molar-refractivity contribution in [2.75, 3.05) is 17.7 Å². The van der Waals surface area contributed by atoms with Gasteiger partial charge < -0.3 is 5.73 Å². The van der Waals surface area contributed by atoms with Gasteiger partial charge in [0.1, 0.15) is 5.82 Å². The average molecular weight is 168 g/mol. The minimum atomic E-state index is 0.668. The van der Waals surface area contributed by atoms with Crippen molar-refractivity contribution in [1.82, 2.24) is 4.98 Å². The van der Waals surface area contributed by atoms with Crippen LogP contribution >= 0.6 is 11.8 Å². The van der Waals surface area contributed by atoms with Gasteiger partial charge in [0.2, 0.25) is 0 Å². The molecule has 2 N–H and O–H groups in total. The summed E-state index contributed by atoms with van der Waals surface area (Å²) in [6.07, 6.45) is 4.82. The molecular formula is C8H12N2S. The lowest BCUT2D eigenvalue weighted by Crippen LogP contribution is -1.97. The third-order valence-corrected chi connectivity index (χ3v) is 2.11. The number of nitrogens with two attached hydrogens (primary N) is 1. The summed E-state index contributed by atoms with van der Waals surface area (Å²) >= 11 is 1.82. The highest BCUT2D eigenvalue weighted by Gasteiger charge is 1.96. The molecule has 0 aliphatic rings. The van der Waals surface area contributed by atoms with Crippen molar-refractivity contribution < 1.29 is 0 Å². The number of nitrogens with zero attached hydrogens (tertiary/aromatic N) is 1. The van der Waals surface area contributed by atoms with Gasteiger partial charge in [0.25, 0.3) is 0 Å². The van der Waals surface area contributed by atoms with E-state index in [1.54, 1.807) is 6.20 Å². The number of pyridine rings is 1. The van der Waals surface area contributed by atoms with Crippen molar-refractivity contribution in [3.8, 4) is 0 Å². The van der Waals surface area contributed by atoms with Gasteiger partial charge in [0, 0.05) is 6.20 Å². The van der Waals surface area contributed by atoms with Crippen molar-refractivity contribution in [3.63, 3.8) is 0 Å². The Morgan fingerprint density at radius 2 is 2.45 bits per heavy atom. The van der Waals surface area contributed by atoms with Crippen LogP contribution in [0.15, 0.2) is 18.3 Å². The van der Waals surface area contributed by atoms with Crippen LogP contribution in [0.4, 0.5) is 5.82 Å². The third kappa shape index (κ3) is 2.42. The van der Waals surface area contributed by atoms with Crippen LogP contribution in [-0.2, 0) is 6.42 Å². The molecule has 0 atom stereocenters. The molecule has 0 saturated heterocycles. The van der Waals surface area contributed by atoms with E-state index in [0.29, 0.717) is 5.82 Å². The maximum atomic E-state index is 5.64. The molecule has 0 unspecified atom stereocenters. The van der Waals surface area contributed by atoms with Gasteiger partial charge in [-0.15, -0.1) is 0 Å². The van der Waals surface area contributed by atoms with Crippen LogP contribution in [0.1, 0.15) is 5.56 Å². The van der Waals surface area contributed by atoms with E-state index in [1.807, 2.05) is 23.9 Å². The standard InChI is InChI=1S/C8H12N2S/c1-11-6-4-7-3-2-5-10-8(7)9/h2-3,5H,4,6H2,1H3,(H2,9,10). The highest BCUT2D eigenvalue weighted by atomic mass is 32.2. The number of rotatable bonds is 3. The van der Waals surface area contributed by atoms with E-state index in [0.717, 1.165) is 17.7 Å². The Hall–Kier alpha value is -0.700. The zero-order valence-corrected chi connectivity index (χ0v) is 7.40. The van der Waals surface area contributed by atoms with E-state index in [9.17, 15) is 0 Å². The lowest BCUT2D eigenvalue weighted by molar-refractivity contribution is 1.13. The predicted molar refractivity (Wildman–Crippen MR) is 50.7 cm³/mol. The Morgan fingerprint density at radius 3 is 3.09 bits per heavy atom. The van der Waals surface area contributed by atoms with Crippen molar-refractivity contribution in [2.45, 2.75) is 6.42 Å². The molecule has 1 heterocycles. The van der Waals surface area contributed by atoms with E-state index >= 15 is 0 Å². The topological polar surface area (TPSA) is 38.9 Å². The van der Waals surface area contributed by atoms with Crippen LogP contribution < -0.4 is 5.73 Å². The summed E-state index contributed by atoms with van der Waals surface area (Å²) in [4.78, 5) is 4.00. The average Bonchev–Trinajstić information content (AvgIpc) is 2.03. The molecule has 0 aliphatic carbocycles. The van der Waals surface area contributed by atoms with Gasteiger partial charge in [0.05, 0.1) is 0 Å². The smallest absolute Gasteiger partial charge is 0.126 e. The zero-order valence-electron chi connectivity index (χ0n) is 6.58. The van der Waals surface area contributed by atoms with E-state index in [1.165, 1.54) is 0 Å². The van der Waals surface area contributed by atoms with Crippen molar-refractivity contribution in [3.05, 3.63) is 23.9 Å². The lowest BCUT2D eigenvalue weighted by atomic mass is 10.2. The molecule has 0 bridgehead atoms. The normalized spacial score (nSPS) is 9.91. The van der Waals surface area contributed by atoms with Gasteiger partial charge in [-0.2, -0.15) is 11.8 Å². The Labute approximate surface area is 71.2 Å². The van der Waals surface area contributed by atoms with E-state index in [-0.39, 0.29) is 0 Å². The summed E-state index contributed by atoms with van der Waals surface area (Å²) in [6.45, 7) is 0. The fourth-order valence-corrected chi connectivity index (χ4v) is 1.30. The first-order valence-corrected chi connectivity index (χ1v) is 4.92. The van der Waals surface area contributed by atoms with Gasteiger partial charge in [-0.1, -0.05) is 6.07 Å². The van der Waals surface area contributed by atoms with Crippen LogP contribution in [0, 0.1) is 0 Å². The third-order valence-electron chi connectivity index (χ3n) is 1.50. The monoisotopic (exact) mass is 168 g/mol. The molecule has 11 heavy (non-hydrogen) atoms. The first kappa shape index (κ1) is 8.40. The molecule has 0 spiro atoms. The number of nitrogen functional groups attached to an aromatic ring is 1. The molecule has 0 saturated carbocycles. The molecule has 3 heteroatoms. The summed E-state index contributed by atoms with van der Waals surface area (Å²) in [5.41, 5.74) is 6.80. The number of aromatic nitrogens is 1. The van der Waals surface area contributed by atoms with E-state index in [2.05, 4.69) is 11.2 Å². The molecule has 60 valence electrons. The molecule has 1 aromatic heterocycles. The minimum absolute atomic E-state index is 0.668. The summed E-state index contributed by atoms with van der Waals surface area (Å²) in [7, 11) is 0. The summed E-state index contributed by atoms with van der Waals surface area (Å²) < 4.78 is 0. The highest BCUT2D eigenvalue weighted by molar-refractivity contribution is 7.98. The predicted octanol–water partition coefficient (Wildman–Crippen LogP) is 1.57. The van der Waals surface area contributed by atoms with Gasteiger partial charge in [-0.05, 0) is 30.1 Å². The number of hydrogen-bond acceptors (Lipinski definition) is 3. The molecular weight excluding hydrogens is 156 g/mol. The van der Waals surface area contributed by atoms with E-state index < -0.39 is 0 Å². The number of anilines is 1. The second kappa shape index (κ2) is 4.23. The molecule has 2 nitrogen and oxygen atoms in total. The van der Waals surface area contributed by atoms with Gasteiger partial charge in [-0.3, -0.25) is 0 Å². The van der Waals surface area contributed by atoms with E-state index in [4.69, 9.17) is 5.73 Å². The van der Waals surface area contributed by atoms with Crippen LogP contribution in [0.25, 0.3) is 0 Å². The Bertz CT molecular complexity index is 225. The van der Waals surface area contributed by atoms with Gasteiger partial charge >= 0.3 is 0 Å². The fraction of sp³-hybridized carbons (Fsp3) is 0.375. The van der Waals surface area contributed by atoms with Crippen LogP contribution in [0.2, 0.25) is 0 Å². The molecule has 0 fully saturated rings. The first-order valence-electron chi connectivity index (χ1n) is 3.53. The van der Waals surface area contributed by atoms with Crippen LogP contribution in [-0.4, -0.2) is 17.0 Å². The number of hydrogen-bond donors (Lipinski definition) is 1. The van der Waals surface area contributed by atoms with Gasteiger partial charge in [-0.25, -0.2) is 4.98 Å².